The van der Waals surface area contributed by atoms with Crippen LogP contribution in [0.3, 0.4) is 0 Å². The van der Waals surface area contributed by atoms with Crippen LogP contribution in [-0.4, -0.2) is 9.38 Å². The van der Waals surface area contributed by atoms with E-state index in [4.69, 9.17) is 4.98 Å². The Hall–Kier alpha value is -0.830. The van der Waals surface area contributed by atoms with Crippen molar-refractivity contribution in [2.75, 3.05) is 0 Å². The van der Waals surface area contributed by atoms with Crippen molar-refractivity contribution in [3.8, 4) is 0 Å². The summed E-state index contributed by atoms with van der Waals surface area (Å²) in [6, 6.07) is 2.13. The van der Waals surface area contributed by atoms with E-state index in [1.165, 1.54) is 23.4 Å². The molecule has 0 saturated carbocycles. The van der Waals surface area contributed by atoms with Crippen LogP contribution in [0.1, 0.15) is 37.2 Å². The zero-order valence-corrected chi connectivity index (χ0v) is 11.4. The molecule has 1 aliphatic carbocycles. The van der Waals surface area contributed by atoms with Gasteiger partial charge in [-0.05, 0) is 47.3 Å². The van der Waals surface area contributed by atoms with Crippen LogP contribution in [0.2, 0.25) is 0 Å². The molecule has 16 heavy (non-hydrogen) atoms. The van der Waals surface area contributed by atoms with Crippen LogP contribution >= 0.6 is 15.9 Å². The van der Waals surface area contributed by atoms with Crippen LogP contribution in [0.25, 0.3) is 5.65 Å². The molecule has 2 aromatic rings. The van der Waals surface area contributed by atoms with Crippen molar-refractivity contribution >= 4 is 21.6 Å². The average molecular weight is 279 g/mol. The molecule has 3 rings (SSSR count). The number of fused-ring (bicyclic) bond motifs is 3. The van der Waals surface area contributed by atoms with E-state index in [0.717, 1.165) is 16.5 Å². The van der Waals surface area contributed by atoms with Crippen LogP contribution in [0.5, 0.6) is 0 Å². The highest BCUT2D eigenvalue weighted by Crippen LogP contribution is 2.38. The predicted molar refractivity (Wildman–Crippen MR) is 69.0 cm³/mol. The lowest BCUT2D eigenvalue weighted by Gasteiger charge is -2.14. The van der Waals surface area contributed by atoms with Crippen LogP contribution in [-0.2, 0) is 11.8 Å². The van der Waals surface area contributed by atoms with Crippen molar-refractivity contribution in [3.63, 3.8) is 0 Å². The molecule has 0 amide bonds. The van der Waals surface area contributed by atoms with E-state index < -0.39 is 0 Å². The zero-order chi connectivity index (χ0) is 11.5. The van der Waals surface area contributed by atoms with Crippen LogP contribution in [0.15, 0.2) is 16.7 Å². The molecule has 0 fully saturated rings. The average Bonchev–Trinajstić information content (AvgIpc) is 2.66. The molecule has 1 aliphatic rings. The summed E-state index contributed by atoms with van der Waals surface area (Å²) in [6.07, 6.45) is 4.48. The third-order valence-electron chi connectivity index (χ3n) is 3.60. The van der Waals surface area contributed by atoms with E-state index in [9.17, 15) is 0 Å². The van der Waals surface area contributed by atoms with Gasteiger partial charge in [0, 0.05) is 21.8 Å². The van der Waals surface area contributed by atoms with Crippen LogP contribution < -0.4 is 0 Å². The number of imidazole rings is 1. The number of rotatable bonds is 0. The molecule has 2 nitrogen and oxygen atoms in total. The molecule has 0 unspecified atom stereocenters. The molecule has 0 saturated heterocycles. The summed E-state index contributed by atoms with van der Waals surface area (Å²) in [5.74, 6) is 0. The summed E-state index contributed by atoms with van der Waals surface area (Å²) in [4.78, 5) is 4.83. The topological polar surface area (TPSA) is 17.3 Å². The minimum atomic E-state index is 0.236. The number of hydrogen-bond donors (Lipinski definition) is 0. The Labute approximate surface area is 104 Å². The van der Waals surface area contributed by atoms with Gasteiger partial charge >= 0.3 is 0 Å². The Morgan fingerprint density at radius 1 is 1.44 bits per heavy atom. The highest BCUT2D eigenvalue weighted by Gasteiger charge is 2.34. The maximum Gasteiger partial charge on any atom is 0.140 e. The Morgan fingerprint density at radius 3 is 2.94 bits per heavy atom. The minimum Gasteiger partial charge on any atom is -0.302 e. The van der Waals surface area contributed by atoms with Crippen molar-refractivity contribution in [1.82, 2.24) is 9.38 Å². The Bertz CT molecular complexity index is 581. The van der Waals surface area contributed by atoms with Gasteiger partial charge in [-0.3, -0.25) is 0 Å². The summed E-state index contributed by atoms with van der Waals surface area (Å²) in [5.41, 5.74) is 5.26. The van der Waals surface area contributed by atoms with Gasteiger partial charge < -0.3 is 4.40 Å². The molecule has 84 valence electrons. The monoisotopic (exact) mass is 278 g/mol. The number of pyridine rings is 1. The minimum absolute atomic E-state index is 0.236. The molecule has 0 N–H and O–H groups in total. The first-order valence-corrected chi connectivity index (χ1v) is 6.46. The molecular weight excluding hydrogens is 264 g/mol. The third-order valence-corrected chi connectivity index (χ3v) is 4.03. The van der Waals surface area contributed by atoms with E-state index >= 15 is 0 Å². The number of nitrogens with zero attached hydrogens (tertiary/aromatic N) is 2. The van der Waals surface area contributed by atoms with E-state index in [1.54, 1.807) is 0 Å². The van der Waals surface area contributed by atoms with Gasteiger partial charge in [-0.15, -0.1) is 0 Å². The van der Waals surface area contributed by atoms with E-state index in [-0.39, 0.29) is 5.41 Å². The van der Waals surface area contributed by atoms with Crippen LogP contribution in [0, 0.1) is 6.92 Å². The van der Waals surface area contributed by atoms with Gasteiger partial charge in [0.15, 0.2) is 0 Å². The lowest BCUT2D eigenvalue weighted by Crippen LogP contribution is -2.12. The SMILES string of the molecule is Cc1cc(Br)cn2c3c(nc12)C(C)(C)CC3. The van der Waals surface area contributed by atoms with Crippen molar-refractivity contribution in [2.24, 2.45) is 0 Å². The van der Waals surface area contributed by atoms with Gasteiger partial charge in [-0.25, -0.2) is 4.98 Å². The first kappa shape index (κ1) is 10.3. The summed E-state index contributed by atoms with van der Waals surface area (Å²) in [5, 5.41) is 0. The molecule has 0 bridgehead atoms. The fraction of sp³-hybridized carbons (Fsp3) is 0.462. The molecule has 0 aromatic carbocycles. The lowest BCUT2D eigenvalue weighted by molar-refractivity contribution is 0.510. The van der Waals surface area contributed by atoms with E-state index in [1.807, 2.05) is 0 Å². The Morgan fingerprint density at radius 2 is 2.19 bits per heavy atom. The highest BCUT2D eigenvalue weighted by atomic mass is 79.9. The van der Waals surface area contributed by atoms with E-state index in [2.05, 4.69) is 53.4 Å². The lowest BCUT2D eigenvalue weighted by atomic mass is 9.91. The number of hydrogen-bond acceptors (Lipinski definition) is 1. The summed E-state index contributed by atoms with van der Waals surface area (Å²) in [7, 11) is 0. The van der Waals surface area contributed by atoms with E-state index in [0.29, 0.717) is 0 Å². The first-order chi connectivity index (χ1) is 7.49. The Kier molecular flexibility index (Phi) is 2.00. The van der Waals surface area contributed by atoms with Gasteiger partial charge in [0.25, 0.3) is 0 Å². The van der Waals surface area contributed by atoms with Crippen molar-refractivity contribution in [1.29, 1.82) is 0 Å². The third kappa shape index (κ3) is 1.27. The number of aryl methyl sites for hydroxylation is 2. The molecule has 2 heterocycles. The summed E-state index contributed by atoms with van der Waals surface area (Å²) < 4.78 is 3.38. The molecular formula is C13H15BrN2. The molecule has 0 atom stereocenters. The largest absolute Gasteiger partial charge is 0.302 e. The zero-order valence-electron chi connectivity index (χ0n) is 9.84. The second-order valence-corrected chi connectivity index (χ2v) is 6.24. The Balaban J connectivity index is 2.40. The standard InChI is InChI=1S/C13H15BrN2/c1-8-6-9(14)7-16-10-4-5-13(2,3)11(10)15-12(8)16/h6-7H,4-5H2,1-3H3. The quantitative estimate of drug-likeness (QED) is 0.719. The first-order valence-electron chi connectivity index (χ1n) is 5.66. The number of halogens is 1. The molecule has 0 radical (unpaired) electrons. The van der Waals surface area contributed by atoms with Gasteiger partial charge in [0.2, 0.25) is 0 Å². The normalized spacial score (nSPS) is 18.0. The van der Waals surface area contributed by atoms with Gasteiger partial charge in [0.05, 0.1) is 5.69 Å². The second kappa shape index (κ2) is 3.10. The molecule has 2 aromatic heterocycles. The van der Waals surface area contributed by atoms with Crippen molar-refractivity contribution < 1.29 is 0 Å². The predicted octanol–water partition coefficient (Wildman–Crippen LogP) is 3.63. The maximum atomic E-state index is 4.83. The van der Waals surface area contributed by atoms with Crippen LogP contribution in [0.4, 0.5) is 0 Å². The highest BCUT2D eigenvalue weighted by molar-refractivity contribution is 9.10. The molecule has 3 heteroatoms. The maximum absolute atomic E-state index is 4.83. The van der Waals surface area contributed by atoms with Gasteiger partial charge in [-0.1, -0.05) is 13.8 Å². The fourth-order valence-electron chi connectivity index (χ4n) is 2.65. The van der Waals surface area contributed by atoms with Gasteiger partial charge in [0.1, 0.15) is 5.65 Å². The molecule has 0 spiro atoms. The van der Waals surface area contributed by atoms with Crippen molar-refractivity contribution in [2.45, 2.75) is 39.0 Å². The second-order valence-electron chi connectivity index (χ2n) is 5.33. The smallest absolute Gasteiger partial charge is 0.140 e. The fourth-order valence-corrected chi connectivity index (χ4v) is 3.19. The van der Waals surface area contributed by atoms with Crippen molar-refractivity contribution in [3.05, 3.63) is 33.7 Å². The number of aromatic nitrogens is 2. The summed E-state index contributed by atoms with van der Waals surface area (Å²) >= 11 is 3.56. The van der Waals surface area contributed by atoms with Gasteiger partial charge in [-0.2, -0.15) is 0 Å². The molecule has 0 aliphatic heterocycles. The summed E-state index contributed by atoms with van der Waals surface area (Å²) in [6.45, 7) is 6.70.